The zero-order valence-electron chi connectivity index (χ0n) is 19.7. The first-order valence-corrected chi connectivity index (χ1v) is 12.1. The number of amides is 1. The summed E-state index contributed by atoms with van der Waals surface area (Å²) in [5.41, 5.74) is 15.0. The molecular formula is C29H23ClFN3O2. The number of hydrogen-bond acceptors (Lipinski definition) is 4. The Morgan fingerprint density at radius 3 is 2.47 bits per heavy atom. The minimum atomic E-state index is -0.370. The summed E-state index contributed by atoms with van der Waals surface area (Å²) in [6.45, 7) is 4.22. The van der Waals surface area contributed by atoms with E-state index < -0.39 is 0 Å². The summed E-state index contributed by atoms with van der Waals surface area (Å²) in [5.74, 6) is -0.0628. The van der Waals surface area contributed by atoms with Gasteiger partial charge in [-0.15, -0.1) is 0 Å². The number of aryl methyl sites for hydroxylation is 2. The van der Waals surface area contributed by atoms with E-state index in [2.05, 4.69) is 16.4 Å². The number of aromatic nitrogens is 1. The number of benzene rings is 3. The van der Waals surface area contributed by atoms with E-state index in [-0.39, 0.29) is 23.9 Å². The minimum absolute atomic E-state index is 0.164. The molecule has 4 aromatic rings. The van der Waals surface area contributed by atoms with E-state index in [1.165, 1.54) is 12.1 Å². The van der Waals surface area contributed by atoms with Crippen LogP contribution in [0, 0.1) is 19.7 Å². The molecule has 2 unspecified atom stereocenters. The van der Waals surface area contributed by atoms with E-state index in [9.17, 15) is 9.18 Å². The smallest absolute Gasteiger partial charge is 0.251 e. The molecule has 3 N–H and O–H groups in total. The quantitative estimate of drug-likeness (QED) is 0.351. The molecule has 0 aliphatic carbocycles. The van der Waals surface area contributed by atoms with Crippen molar-refractivity contribution in [1.29, 1.82) is 0 Å². The van der Waals surface area contributed by atoms with Gasteiger partial charge in [-0.2, -0.15) is 0 Å². The predicted octanol–water partition coefficient (Wildman–Crippen LogP) is 6.19. The lowest BCUT2D eigenvalue weighted by molar-refractivity contribution is 0.0857. The number of pyridine rings is 1. The number of nitrogens with two attached hydrogens (primary N) is 1. The Labute approximate surface area is 213 Å². The highest BCUT2D eigenvalue weighted by atomic mass is 35.5. The summed E-state index contributed by atoms with van der Waals surface area (Å²) in [4.78, 5) is 17.3. The number of carbonyl (C=O) groups excluding carboxylic acids is 1. The number of hydrogen-bond donors (Lipinski definition) is 2. The molecule has 3 aromatic carbocycles. The lowest BCUT2D eigenvalue weighted by atomic mass is 9.84. The number of fused-ring (bicyclic) bond motifs is 8. The second-order valence-electron chi connectivity index (χ2n) is 9.32. The van der Waals surface area contributed by atoms with Crippen LogP contribution < -0.4 is 11.1 Å². The Hall–Kier alpha value is -3.74. The molecule has 0 fully saturated rings. The number of nitrogen functional groups attached to an aromatic ring is 1. The van der Waals surface area contributed by atoms with Gasteiger partial charge in [0.1, 0.15) is 23.8 Å². The highest BCUT2D eigenvalue weighted by Crippen LogP contribution is 2.55. The van der Waals surface area contributed by atoms with Crippen molar-refractivity contribution in [3.8, 4) is 11.1 Å². The van der Waals surface area contributed by atoms with Gasteiger partial charge in [0.05, 0.1) is 5.02 Å². The third kappa shape index (κ3) is 3.65. The molecule has 1 aromatic heterocycles. The van der Waals surface area contributed by atoms with Gasteiger partial charge in [-0.3, -0.25) is 4.79 Å². The average Bonchev–Trinajstić information content (AvgIpc) is 3.40. The van der Waals surface area contributed by atoms with Crippen LogP contribution >= 0.6 is 11.6 Å². The second kappa shape index (κ2) is 8.43. The molecule has 36 heavy (non-hydrogen) atoms. The zero-order chi connectivity index (χ0) is 25.1. The lowest BCUT2D eigenvalue weighted by Crippen LogP contribution is -2.24. The van der Waals surface area contributed by atoms with Crippen LogP contribution in [-0.4, -0.2) is 10.9 Å². The maximum absolute atomic E-state index is 13.5. The fourth-order valence-corrected chi connectivity index (χ4v) is 5.58. The first kappa shape index (κ1) is 22.7. The Balaban J connectivity index is 1.27. The van der Waals surface area contributed by atoms with Crippen LogP contribution in [0.5, 0.6) is 0 Å². The molecule has 2 atom stereocenters. The number of ether oxygens (including phenoxy) is 1. The SMILES string of the molecule is Cc1cc(N)nc(C)c1CNC(=O)c1ccc2c(c1)C1OC2c2ccc(-c3ccc(F)cc3Cl)cc21. The molecular weight excluding hydrogens is 477 g/mol. The van der Waals surface area contributed by atoms with Crippen molar-refractivity contribution in [2.75, 3.05) is 5.73 Å². The minimum Gasteiger partial charge on any atom is -0.384 e. The molecule has 6 rings (SSSR count). The van der Waals surface area contributed by atoms with E-state index >= 15 is 0 Å². The van der Waals surface area contributed by atoms with Crippen molar-refractivity contribution in [2.45, 2.75) is 32.6 Å². The van der Waals surface area contributed by atoms with Gasteiger partial charge in [-0.25, -0.2) is 9.37 Å². The van der Waals surface area contributed by atoms with Crippen molar-refractivity contribution in [3.05, 3.63) is 116 Å². The van der Waals surface area contributed by atoms with Crippen LogP contribution in [0.4, 0.5) is 10.2 Å². The first-order chi connectivity index (χ1) is 17.3. The molecule has 2 bridgehead atoms. The van der Waals surface area contributed by atoms with Crippen LogP contribution in [0.15, 0.2) is 60.7 Å². The summed E-state index contributed by atoms with van der Waals surface area (Å²) < 4.78 is 19.9. The molecule has 5 nitrogen and oxygen atoms in total. The van der Waals surface area contributed by atoms with Gasteiger partial charge in [-0.05, 0) is 95.3 Å². The molecule has 180 valence electrons. The fourth-order valence-electron chi connectivity index (χ4n) is 5.30. The van der Waals surface area contributed by atoms with Gasteiger partial charge < -0.3 is 15.8 Å². The largest absolute Gasteiger partial charge is 0.384 e. The number of anilines is 1. The number of halogens is 2. The van der Waals surface area contributed by atoms with Crippen molar-refractivity contribution in [2.24, 2.45) is 0 Å². The average molecular weight is 500 g/mol. The predicted molar refractivity (Wildman–Crippen MR) is 137 cm³/mol. The first-order valence-electron chi connectivity index (χ1n) is 11.7. The molecule has 1 amide bonds. The van der Waals surface area contributed by atoms with Crippen molar-refractivity contribution in [3.63, 3.8) is 0 Å². The van der Waals surface area contributed by atoms with Gasteiger partial charge in [0.2, 0.25) is 0 Å². The van der Waals surface area contributed by atoms with Gasteiger partial charge in [0, 0.05) is 23.4 Å². The normalized spacial score (nSPS) is 17.1. The van der Waals surface area contributed by atoms with Crippen LogP contribution in [0.2, 0.25) is 5.02 Å². The molecule has 0 radical (unpaired) electrons. The Morgan fingerprint density at radius 2 is 1.72 bits per heavy atom. The maximum atomic E-state index is 13.5. The second-order valence-corrected chi connectivity index (χ2v) is 9.73. The van der Waals surface area contributed by atoms with E-state index in [1.807, 2.05) is 50.2 Å². The maximum Gasteiger partial charge on any atom is 0.251 e. The highest BCUT2D eigenvalue weighted by Gasteiger charge is 2.43. The number of nitrogens with zero attached hydrogens (tertiary/aromatic N) is 1. The third-order valence-electron chi connectivity index (χ3n) is 7.08. The third-order valence-corrected chi connectivity index (χ3v) is 7.39. The standard InChI is InChI=1S/C29H23ClFN3O2/c1-14-9-26(32)34-15(2)24(14)13-33-29(35)17-4-7-21-23(11-17)28-22-10-16(3-6-20(22)27(21)36-28)19-8-5-18(31)12-25(19)30/h3-12,27-28H,13H2,1-2H3,(H2,32,34)(H,33,35). The summed E-state index contributed by atoms with van der Waals surface area (Å²) >= 11 is 6.31. The molecule has 0 saturated heterocycles. The van der Waals surface area contributed by atoms with E-state index in [4.69, 9.17) is 22.1 Å². The summed E-state index contributed by atoms with van der Waals surface area (Å²) in [6, 6.07) is 18.0. The van der Waals surface area contributed by atoms with Gasteiger partial charge in [0.25, 0.3) is 5.91 Å². The Bertz CT molecular complexity index is 1550. The molecule has 7 heteroatoms. The molecule has 0 saturated carbocycles. The van der Waals surface area contributed by atoms with Gasteiger partial charge in [0.15, 0.2) is 0 Å². The van der Waals surface area contributed by atoms with Crippen molar-refractivity contribution < 1.29 is 13.9 Å². The monoisotopic (exact) mass is 499 g/mol. The van der Waals surface area contributed by atoms with Crippen LogP contribution in [0.3, 0.4) is 0 Å². The Morgan fingerprint density at radius 1 is 1.00 bits per heavy atom. The van der Waals surface area contributed by atoms with Gasteiger partial charge >= 0.3 is 0 Å². The van der Waals surface area contributed by atoms with Crippen molar-refractivity contribution >= 4 is 23.3 Å². The zero-order valence-corrected chi connectivity index (χ0v) is 20.5. The van der Waals surface area contributed by atoms with Crippen LogP contribution in [0.1, 0.15) is 61.6 Å². The molecule has 2 aliphatic rings. The van der Waals surface area contributed by atoms with E-state index in [1.54, 1.807) is 6.07 Å². The van der Waals surface area contributed by atoms with Gasteiger partial charge in [-0.1, -0.05) is 29.8 Å². The summed E-state index contributed by atoms with van der Waals surface area (Å²) in [7, 11) is 0. The topological polar surface area (TPSA) is 77.2 Å². The Kier molecular flexibility index (Phi) is 5.32. The molecule has 3 heterocycles. The number of carbonyl (C=O) groups is 1. The van der Waals surface area contributed by atoms with E-state index in [0.717, 1.165) is 50.2 Å². The highest BCUT2D eigenvalue weighted by molar-refractivity contribution is 6.33. The lowest BCUT2D eigenvalue weighted by Gasteiger charge is -2.18. The number of rotatable bonds is 4. The van der Waals surface area contributed by atoms with Crippen molar-refractivity contribution in [1.82, 2.24) is 10.3 Å². The van der Waals surface area contributed by atoms with Crippen LogP contribution in [0.25, 0.3) is 11.1 Å². The fraction of sp³-hybridized carbons (Fsp3) is 0.172. The summed E-state index contributed by atoms with van der Waals surface area (Å²) in [6.07, 6.45) is -0.432. The number of nitrogens with one attached hydrogen (secondary N) is 1. The van der Waals surface area contributed by atoms with Crippen LogP contribution in [-0.2, 0) is 11.3 Å². The molecule has 0 spiro atoms. The summed E-state index contributed by atoms with van der Waals surface area (Å²) in [5, 5.41) is 3.37. The molecule has 2 aliphatic heterocycles. The van der Waals surface area contributed by atoms with E-state index in [0.29, 0.717) is 22.9 Å².